The third kappa shape index (κ3) is 6.31. The van der Waals surface area contributed by atoms with E-state index in [1.807, 2.05) is 69.8 Å². The van der Waals surface area contributed by atoms with Crippen LogP contribution in [0.5, 0.6) is 0 Å². The van der Waals surface area contributed by atoms with Crippen molar-refractivity contribution in [2.75, 3.05) is 0 Å². The summed E-state index contributed by atoms with van der Waals surface area (Å²) in [5.74, 6) is -1.03. The first-order valence-electron chi connectivity index (χ1n) is 20.9. The summed E-state index contributed by atoms with van der Waals surface area (Å²) in [6.45, 7) is 12.4. The lowest BCUT2D eigenvalue weighted by molar-refractivity contribution is -0.137. The van der Waals surface area contributed by atoms with E-state index >= 15 is 17.6 Å². The number of aromatic nitrogens is 2. The van der Waals surface area contributed by atoms with Crippen molar-refractivity contribution in [3.63, 3.8) is 0 Å². The molecular formula is C56H41F4N3. The largest absolute Gasteiger partial charge is 0.417 e. The summed E-state index contributed by atoms with van der Waals surface area (Å²) in [5.41, 5.74) is 12.4. The normalized spacial score (nSPS) is 12.0. The number of rotatable bonds is 5. The van der Waals surface area contributed by atoms with Gasteiger partial charge in [0.2, 0.25) is 0 Å². The predicted molar refractivity (Wildman–Crippen MR) is 250 cm³/mol. The van der Waals surface area contributed by atoms with Crippen LogP contribution in [0.4, 0.5) is 17.6 Å². The van der Waals surface area contributed by atoms with Crippen LogP contribution >= 0.6 is 0 Å². The number of hydrogen-bond donors (Lipinski definition) is 0. The molecule has 7 heteroatoms. The Kier molecular flexibility index (Phi) is 9.20. The number of benzene rings is 8. The predicted octanol–water partition coefficient (Wildman–Crippen LogP) is 15.8. The molecule has 2 aromatic heterocycles. The molecule has 0 aliphatic carbocycles. The van der Waals surface area contributed by atoms with E-state index in [9.17, 15) is 5.26 Å². The fourth-order valence-corrected chi connectivity index (χ4v) is 10.3. The smallest absolute Gasteiger partial charge is 0.308 e. The molecule has 0 N–H and O–H groups in total. The highest BCUT2D eigenvalue weighted by Crippen LogP contribution is 2.48. The molecule has 8 aromatic carbocycles. The molecule has 0 amide bonds. The van der Waals surface area contributed by atoms with E-state index in [1.54, 1.807) is 12.1 Å². The van der Waals surface area contributed by atoms with Gasteiger partial charge in [0.25, 0.3) is 0 Å². The minimum atomic E-state index is -4.93. The number of hydrogen-bond acceptors (Lipinski definition) is 1. The van der Waals surface area contributed by atoms with Crippen LogP contribution in [-0.4, -0.2) is 9.13 Å². The van der Waals surface area contributed by atoms with Crippen molar-refractivity contribution in [1.82, 2.24) is 9.13 Å². The Morgan fingerprint density at radius 2 is 0.873 bits per heavy atom. The van der Waals surface area contributed by atoms with Gasteiger partial charge < -0.3 is 9.13 Å². The second-order valence-electron chi connectivity index (χ2n) is 16.9. The molecule has 3 nitrogen and oxygen atoms in total. The molecule has 0 fully saturated rings. The zero-order valence-corrected chi connectivity index (χ0v) is 35.6. The van der Waals surface area contributed by atoms with Gasteiger partial charge in [0.1, 0.15) is 5.82 Å². The lowest BCUT2D eigenvalue weighted by atomic mass is 9.92. The molecule has 0 saturated heterocycles. The van der Waals surface area contributed by atoms with Gasteiger partial charge in [-0.05, 0) is 135 Å². The zero-order valence-electron chi connectivity index (χ0n) is 35.6. The molecule has 10 rings (SSSR count). The SMILES string of the molecule is Cc1cc(C)c(-c2ccc3c4ccccc4n(-c4cc(C#N)cc(-n5c6ccccc6c6ccc(-c7c(C)cc(C)cc7C)cc65)c4-c4c(F)cccc4C(F)(F)F)c3c2)c(C)c1. The molecule has 0 aliphatic heterocycles. The van der Waals surface area contributed by atoms with Gasteiger partial charge in [-0.15, -0.1) is 0 Å². The average Bonchev–Trinajstić information content (AvgIpc) is 3.74. The van der Waals surface area contributed by atoms with Crippen LogP contribution in [-0.2, 0) is 6.18 Å². The van der Waals surface area contributed by atoms with E-state index in [1.165, 1.54) is 0 Å². The molecule has 0 aliphatic rings. The van der Waals surface area contributed by atoms with Gasteiger partial charge in [0, 0.05) is 32.7 Å². The summed E-state index contributed by atoms with van der Waals surface area (Å²) in [4.78, 5) is 0. The molecule has 0 atom stereocenters. The summed E-state index contributed by atoms with van der Waals surface area (Å²) in [6.07, 6.45) is -4.93. The van der Waals surface area contributed by atoms with Gasteiger partial charge in [0.15, 0.2) is 0 Å². The minimum Gasteiger partial charge on any atom is -0.308 e. The van der Waals surface area contributed by atoms with E-state index < -0.39 is 23.1 Å². The van der Waals surface area contributed by atoms with E-state index in [4.69, 9.17) is 0 Å². The highest BCUT2D eigenvalue weighted by Gasteiger charge is 2.37. The highest BCUT2D eigenvalue weighted by atomic mass is 19.4. The van der Waals surface area contributed by atoms with Crippen molar-refractivity contribution in [3.05, 3.63) is 190 Å². The lowest BCUT2D eigenvalue weighted by Crippen LogP contribution is -2.12. The highest BCUT2D eigenvalue weighted by molar-refractivity contribution is 6.13. The van der Waals surface area contributed by atoms with E-state index in [0.29, 0.717) is 22.1 Å². The first kappa shape index (κ1) is 39.7. The van der Waals surface area contributed by atoms with E-state index in [0.717, 1.165) is 95.4 Å². The molecule has 0 spiro atoms. The molecular weight excluding hydrogens is 791 g/mol. The molecule has 308 valence electrons. The summed E-state index contributed by atoms with van der Waals surface area (Å²) in [6, 6.07) is 45.0. The molecule has 0 radical (unpaired) electrons. The Bertz CT molecular complexity index is 3350. The fourth-order valence-electron chi connectivity index (χ4n) is 10.3. The Hall–Kier alpha value is -7.43. The second-order valence-corrected chi connectivity index (χ2v) is 16.9. The molecule has 0 saturated carbocycles. The van der Waals surface area contributed by atoms with Gasteiger partial charge in [-0.1, -0.05) is 102 Å². The van der Waals surface area contributed by atoms with Crippen molar-refractivity contribution in [2.24, 2.45) is 0 Å². The maximum atomic E-state index is 17.0. The van der Waals surface area contributed by atoms with Gasteiger partial charge in [-0.25, -0.2) is 4.39 Å². The molecule has 63 heavy (non-hydrogen) atoms. The van der Waals surface area contributed by atoms with Gasteiger partial charge >= 0.3 is 6.18 Å². The molecule has 0 unspecified atom stereocenters. The Morgan fingerprint density at radius 3 is 1.30 bits per heavy atom. The van der Waals surface area contributed by atoms with Crippen molar-refractivity contribution in [1.29, 1.82) is 5.26 Å². The maximum Gasteiger partial charge on any atom is 0.417 e. The van der Waals surface area contributed by atoms with Crippen LogP contribution in [0, 0.1) is 58.7 Å². The first-order chi connectivity index (χ1) is 30.2. The number of nitriles is 1. The van der Waals surface area contributed by atoms with Crippen LogP contribution in [0.3, 0.4) is 0 Å². The van der Waals surface area contributed by atoms with Crippen LogP contribution in [0.25, 0.3) is 88.4 Å². The second kappa shape index (κ2) is 14.6. The summed E-state index contributed by atoms with van der Waals surface area (Å²) < 4.78 is 67.2. The number of fused-ring (bicyclic) bond motifs is 6. The van der Waals surface area contributed by atoms with Gasteiger partial charge in [-0.3, -0.25) is 0 Å². The summed E-state index contributed by atoms with van der Waals surface area (Å²) in [5, 5.41) is 14.3. The van der Waals surface area contributed by atoms with E-state index in [2.05, 4.69) is 96.1 Å². The van der Waals surface area contributed by atoms with Crippen LogP contribution in [0.2, 0.25) is 0 Å². The van der Waals surface area contributed by atoms with Crippen LogP contribution < -0.4 is 0 Å². The van der Waals surface area contributed by atoms with Crippen LogP contribution in [0.1, 0.15) is 44.5 Å². The number of alkyl halides is 3. The molecule has 2 heterocycles. The zero-order chi connectivity index (χ0) is 44.1. The Labute approximate surface area is 362 Å². The Morgan fingerprint density at radius 1 is 0.444 bits per heavy atom. The summed E-state index contributed by atoms with van der Waals surface area (Å²) >= 11 is 0. The average molecular weight is 832 g/mol. The molecule has 0 bridgehead atoms. The molecule has 10 aromatic rings. The quantitative estimate of drug-likeness (QED) is 0.159. The van der Waals surface area contributed by atoms with Crippen molar-refractivity contribution < 1.29 is 17.6 Å². The van der Waals surface area contributed by atoms with Crippen molar-refractivity contribution in [3.8, 4) is 50.8 Å². The first-order valence-corrected chi connectivity index (χ1v) is 20.9. The third-order valence-electron chi connectivity index (χ3n) is 12.6. The third-order valence-corrected chi connectivity index (χ3v) is 12.6. The maximum absolute atomic E-state index is 17.0. The number of nitrogens with zero attached hydrogens (tertiary/aromatic N) is 3. The number of para-hydroxylation sites is 2. The Balaban J connectivity index is 1.41. The topological polar surface area (TPSA) is 33.6 Å². The lowest BCUT2D eigenvalue weighted by Gasteiger charge is -2.23. The van der Waals surface area contributed by atoms with E-state index in [-0.39, 0.29) is 22.5 Å². The standard InChI is InChI=1S/C56H41F4N3/c1-31-22-33(3)52(34(4)23-31)38-18-20-42-40-12-7-9-16-46(40)62(48(42)28-38)50-26-37(30-61)27-51(55(50)54-44(56(58,59)60)14-11-15-45(54)57)63-47-17-10-8-13-41(47)43-21-19-39(29-49(43)63)53-35(5)24-32(2)25-36(53)6/h7-29H,1-6H3. The number of aryl methyl sites for hydroxylation is 6. The fraction of sp³-hybridized carbons (Fsp3) is 0.125. The van der Waals surface area contributed by atoms with Gasteiger partial charge in [0.05, 0.1) is 50.6 Å². The summed E-state index contributed by atoms with van der Waals surface area (Å²) in [7, 11) is 0. The van der Waals surface area contributed by atoms with Gasteiger partial charge in [-0.2, -0.15) is 18.4 Å². The minimum absolute atomic E-state index is 0.00549. The monoisotopic (exact) mass is 831 g/mol. The number of halogens is 4. The van der Waals surface area contributed by atoms with Crippen molar-refractivity contribution >= 4 is 43.6 Å². The van der Waals surface area contributed by atoms with Crippen LogP contribution in [0.15, 0.2) is 140 Å². The van der Waals surface area contributed by atoms with Crippen molar-refractivity contribution in [2.45, 2.75) is 47.7 Å².